The molecule has 0 fully saturated rings. The van der Waals surface area contributed by atoms with E-state index in [0.29, 0.717) is 23.7 Å². The Bertz CT molecular complexity index is 606. The number of hydrogen-bond donors (Lipinski definition) is 0. The first kappa shape index (κ1) is 10.8. The third kappa shape index (κ3) is 1.92. The fourth-order valence-corrected chi connectivity index (χ4v) is 1.78. The first-order valence-electron chi connectivity index (χ1n) is 5.50. The Hall–Kier alpha value is -2.37. The second-order valence-electron chi connectivity index (χ2n) is 4.04. The van der Waals surface area contributed by atoms with E-state index in [1.54, 1.807) is 36.1 Å². The summed E-state index contributed by atoms with van der Waals surface area (Å²) in [6.07, 6.45) is 1.79. The van der Waals surface area contributed by atoms with E-state index in [-0.39, 0.29) is 12.4 Å². The van der Waals surface area contributed by atoms with E-state index in [2.05, 4.69) is 10.3 Å². The summed E-state index contributed by atoms with van der Waals surface area (Å²) < 4.78 is 12.4. The lowest BCUT2D eigenvalue weighted by Gasteiger charge is -2.05. The van der Waals surface area contributed by atoms with Crippen molar-refractivity contribution in [3.63, 3.8) is 0 Å². The number of ether oxygens (including phenoxy) is 2. The largest absolute Gasteiger partial charge is 0.487 e. The molecule has 1 aromatic heterocycles. The van der Waals surface area contributed by atoms with Crippen LogP contribution in [0.25, 0.3) is 0 Å². The summed E-state index contributed by atoms with van der Waals surface area (Å²) in [4.78, 5) is 11.4. The van der Waals surface area contributed by atoms with Crippen LogP contribution in [-0.4, -0.2) is 27.4 Å². The molecule has 0 N–H and O–H groups in total. The lowest BCUT2D eigenvalue weighted by molar-refractivity contribution is 0.0961. The van der Waals surface area contributed by atoms with Crippen LogP contribution in [0.4, 0.5) is 0 Å². The van der Waals surface area contributed by atoms with Crippen molar-refractivity contribution in [3.05, 3.63) is 35.7 Å². The van der Waals surface area contributed by atoms with Crippen molar-refractivity contribution in [2.45, 2.75) is 6.61 Å². The third-order valence-electron chi connectivity index (χ3n) is 2.65. The van der Waals surface area contributed by atoms with Gasteiger partial charge >= 0.3 is 0 Å². The number of rotatable bonds is 3. The van der Waals surface area contributed by atoms with Gasteiger partial charge in [-0.2, -0.15) is 0 Å². The minimum absolute atomic E-state index is 0.00507. The van der Waals surface area contributed by atoms with E-state index in [1.165, 1.54) is 0 Å². The molecule has 1 aliphatic rings. The highest BCUT2D eigenvalue weighted by Gasteiger charge is 2.21. The molecule has 0 saturated heterocycles. The Labute approximate surface area is 103 Å². The summed E-state index contributed by atoms with van der Waals surface area (Å²) in [6.45, 7) is 0.448. The number of aryl methyl sites for hydroxylation is 1. The van der Waals surface area contributed by atoms with Gasteiger partial charge in [0.05, 0.1) is 11.8 Å². The summed E-state index contributed by atoms with van der Waals surface area (Å²) >= 11 is 0. The third-order valence-corrected chi connectivity index (χ3v) is 2.65. The number of fused-ring (bicyclic) bond motifs is 1. The number of hydrogen-bond acceptors (Lipinski definition) is 5. The van der Waals surface area contributed by atoms with Crippen molar-refractivity contribution in [3.8, 4) is 11.5 Å². The zero-order valence-corrected chi connectivity index (χ0v) is 9.79. The van der Waals surface area contributed by atoms with E-state index in [9.17, 15) is 4.79 Å². The lowest BCUT2D eigenvalue weighted by Crippen LogP contribution is -1.98. The summed E-state index contributed by atoms with van der Waals surface area (Å²) in [6, 6.07) is 5.19. The minimum atomic E-state index is 0.00507. The van der Waals surface area contributed by atoms with Gasteiger partial charge in [-0.3, -0.25) is 9.48 Å². The van der Waals surface area contributed by atoms with Crippen LogP contribution >= 0.6 is 0 Å². The molecule has 0 unspecified atom stereocenters. The molecule has 92 valence electrons. The average molecular weight is 245 g/mol. The zero-order chi connectivity index (χ0) is 12.5. The zero-order valence-electron chi connectivity index (χ0n) is 9.79. The van der Waals surface area contributed by atoms with Crippen LogP contribution in [0, 0.1) is 0 Å². The standard InChI is InChI=1S/C12H11N3O3/c1-15-5-8(13-14-15)6-17-9-2-3-10-11(16)7-18-12(10)4-9/h2-5H,6-7H2,1H3. The molecule has 1 aromatic carbocycles. The van der Waals surface area contributed by atoms with Crippen molar-refractivity contribution < 1.29 is 14.3 Å². The molecule has 0 aliphatic carbocycles. The Morgan fingerprint density at radius 1 is 1.50 bits per heavy atom. The van der Waals surface area contributed by atoms with E-state index < -0.39 is 0 Å². The van der Waals surface area contributed by atoms with E-state index in [4.69, 9.17) is 9.47 Å². The molecule has 6 nitrogen and oxygen atoms in total. The summed E-state index contributed by atoms with van der Waals surface area (Å²) in [5, 5.41) is 7.73. The topological polar surface area (TPSA) is 66.2 Å². The van der Waals surface area contributed by atoms with Crippen molar-refractivity contribution in [1.29, 1.82) is 0 Å². The molecule has 6 heteroatoms. The monoisotopic (exact) mass is 245 g/mol. The Morgan fingerprint density at radius 3 is 3.17 bits per heavy atom. The summed E-state index contributed by atoms with van der Waals surface area (Å²) in [5.74, 6) is 1.23. The molecule has 0 atom stereocenters. The maximum absolute atomic E-state index is 11.4. The molecule has 2 aromatic rings. The van der Waals surface area contributed by atoms with Crippen LogP contribution in [0.3, 0.4) is 0 Å². The van der Waals surface area contributed by atoms with Crippen molar-refractivity contribution in [1.82, 2.24) is 15.0 Å². The van der Waals surface area contributed by atoms with Gasteiger partial charge in [-0.05, 0) is 12.1 Å². The van der Waals surface area contributed by atoms with E-state index in [0.717, 1.165) is 5.69 Å². The Morgan fingerprint density at radius 2 is 2.39 bits per heavy atom. The van der Waals surface area contributed by atoms with Crippen LogP contribution < -0.4 is 9.47 Å². The minimum Gasteiger partial charge on any atom is -0.487 e. The number of Topliss-reactive ketones (excluding diaryl/α,β-unsaturated/α-hetero) is 1. The fraction of sp³-hybridized carbons (Fsp3) is 0.250. The molecule has 2 heterocycles. The smallest absolute Gasteiger partial charge is 0.203 e. The normalized spacial score (nSPS) is 13.3. The second kappa shape index (κ2) is 4.14. The van der Waals surface area contributed by atoms with E-state index >= 15 is 0 Å². The SMILES string of the molecule is Cn1cc(COc2ccc3c(c2)OCC3=O)nn1. The second-order valence-corrected chi connectivity index (χ2v) is 4.04. The van der Waals surface area contributed by atoms with Gasteiger partial charge in [0.25, 0.3) is 0 Å². The fourth-order valence-electron chi connectivity index (χ4n) is 1.78. The molecule has 1 aliphatic heterocycles. The number of ketones is 1. The van der Waals surface area contributed by atoms with Crippen LogP contribution in [0.1, 0.15) is 16.1 Å². The van der Waals surface area contributed by atoms with Crippen LogP contribution in [0.5, 0.6) is 11.5 Å². The average Bonchev–Trinajstić information content (AvgIpc) is 2.94. The maximum Gasteiger partial charge on any atom is 0.203 e. The number of nitrogens with zero attached hydrogens (tertiary/aromatic N) is 3. The molecular weight excluding hydrogens is 234 g/mol. The molecule has 0 bridgehead atoms. The molecule has 0 spiro atoms. The highest BCUT2D eigenvalue weighted by molar-refractivity contribution is 6.02. The van der Waals surface area contributed by atoms with Gasteiger partial charge in [0.1, 0.15) is 23.8 Å². The van der Waals surface area contributed by atoms with Gasteiger partial charge in [0.15, 0.2) is 6.61 Å². The number of aromatic nitrogens is 3. The van der Waals surface area contributed by atoms with Gasteiger partial charge in [0, 0.05) is 13.1 Å². The van der Waals surface area contributed by atoms with Gasteiger partial charge in [0.2, 0.25) is 5.78 Å². The first-order chi connectivity index (χ1) is 8.72. The number of carbonyl (C=O) groups is 1. The Kier molecular flexibility index (Phi) is 2.47. The van der Waals surface area contributed by atoms with Gasteiger partial charge in [-0.25, -0.2) is 0 Å². The van der Waals surface area contributed by atoms with Crippen molar-refractivity contribution >= 4 is 5.78 Å². The summed E-state index contributed by atoms with van der Waals surface area (Å²) in [5.41, 5.74) is 1.36. The van der Waals surface area contributed by atoms with Crippen LogP contribution in [0.2, 0.25) is 0 Å². The molecule has 0 saturated carbocycles. The predicted molar refractivity (Wildman–Crippen MR) is 61.6 cm³/mol. The number of carbonyl (C=O) groups excluding carboxylic acids is 1. The van der Waals surface area contributed by atoms with Gasteiger partial charge in [-0.15, -0.1) is 5.10 Å². The van der Waals surface area contributed by atoms with Gasteiger partial charge in [-0.1, -0.05) is 5.21 Å². The number of benzene rings is 1. The molecule has 0 radical (unpaired) electrons. The highest BCUT2D eigenvalue weighted by Crippen LogP contribution is 2.29. The molecule has 0 amide bonds. The van der Waals surface area contributed by atoms with Gasteiger partial charge < -0.3 is 9.47 Å². The Balaban J connectivity index is 1.72. The quantitative estimate of drug-likeness (QED) is 0.806. The van der Waals surface area contributed by atoms with Crippen molar-refractivity contribution in [2.24, 2.45) is 7.05 Å². The molecular formula is C12H11N3O3. The molecule has 3 rings (SSSR count). The molecule has 18 heavy (non-hydrogen) atoms. The van der Waals surface area contributed by atoms with Crippen LogP contribution in [-0.2, 0) is 13.7 Å². The van der Waals surface area contributed by atoms with Crippen molar-refractivity contribution in [2.75, 3.05) is 6.61 Å². The maximum atomic E-state index is 11.4. The van der Waals surface area contributed by atoms with Crippen LogP contribution in [0.15, 0.2) is 24.4 Å². The first-order valence-corrected chi connectivity index (χ1v) is 5.50. The predicted octanol–water partition coefficient (Wildman–Crippen LogP) is 0.969. The highest BCUT2D eigenvalue weighted by atomic mass is 16.5. The lowest BCUT2D eigenvalue weighted by atomic mass is 10.1. The van der Waals surface area contributed by atoms with E-state index in [1.807, 2.05) is 0 Å². The summed E-state index contributed by atoms with van der Waals surface area (Å²) in [7, 11) is 1.80.